The van der Waals surface area contributed by atoms with Crippen molar-refractivity contribution in [1.82, 2.24) is 0 Å². The van der Waals surface area contributed by atoms with Crippen LogP contribution in [0.4, 0.5) is 34.1 Å². The van der Waals surface area contributed by atoms with Crippen LogP contribution in [0.3, 0.4) is 0 Å². The van der Waals surface area contributed by atoms with Crippen LogP contribution >= 0.6 is 0 Å². The topological polar surface area (TPSA) is 83.8 Å². The smallest absolute Gasteiger partial charge is 0.873 e. The number of rotatable bonds is 18. The Kier molecular flexibility index (Phi) is 21.2. The van der Waals surface area contributed by atoms with Gasteiger partial charge in [0.25, 0.3) is 0 Å². The van der Waals surface area contributed by atoms with Crippen LogP contribution in [0.1, 0.15) is 97.8 Å². The zero-order valence-corrected chi connectivity index (χ0v) is 35.2. The molecule has 0 atom stereocenters. The van der Waals surface area contributed by atoms with Crippen LogP contribution in [-0.4, -0.2) is 66.3 Å². The normalized spacial score (nSPS) is 11.2. The van der Waals surface area contributed by atoms with Crippen molar-refractivity contribution in [3.8, 4) is 11.5 Å². The van der Waals surface area contributed by atoms with E-state index in [9.17, 15) is 10.2 Å². The molecule has 0 fully saturated rings. The summed E-state index contributed by atoms with van der Waals surface area (Å²) in [4.78, 5) is 19.0. The maximum absolute atomic E-state index is 11.7. The predicted octanol–water partition coefficient (Wildman–Crippen LogP) is 9.08. The summed E-state index contributed by atoms with van der Waals surface area (Å²) in [6.07, 6.45) is 8.50. The molecule has 0 bridgehead atoms. The minimum atomic E-state index is -0.344. The molecule has 8 nitrogen and oxygen atoms in total. The van der Waals surface area contributed by atoms with Crippen molar-refractivity contribution in [2.75, 3.05) is 74.0 Å². The molecule has 9 heteroatoms. The first-order valence-corrected chi connectivity index (χ1v) is 19.2. The van der Waals surface area contributed by atoms with Gasteiger partial charge in [0, 0.05) is 60.6 Å². The summed E-state index contributed by atoms with van der Waals surface area (Å²) in [5, 5.41) is 23.1. The third-order valence-electron chi connectivity index (χ3n) is 9.67. The Morgan fingerprint density at radius 2 is 1.12 bits per heavy atom. The van der Waals surface area contributed by atoms with Crippen LogP contribution in [0, 0.1) is 0 Å². The molecule has 0 aliphatic rings. The second kappa shape index (κ2) is 23.8. The first-order valence-electron chi connectivity index (χ1n) is 19.2. The summed E-state index contributed by atoms with van der Waals surface area (Å²) in [7, 11) is 8.54. The fourth-order valence-electron chi connectivity index (χ4n) is 5.98. The fraction of sp³-hybridized carbons (Fsp3) is 0.535. The number of nitrogens with zero attached hydrogens (tertiary/aromatic N) is 6. The summed E-state index contributed by atoms with van der Waals surface area (Å²) >= 11 is 0. The molecule has 0 aliphatic carbocycles. The van der Waals surface area contributed by atoms with E-state index in [1.165, 1.54) is 28.8 Å². The van der Waals surface area contributed by atoms with Crippen LogP contribution in [0.15, 0.2) is 52.4 Å². The molecular weight excluding hydrogens is 691 g/mol. The van der Waals surface area contributed by atoms with Gasteiger partial charge in [-0.3, -0.25) is 9.98 Å². The van der Waals surface area contributed by atoms with Gasteiger partial charge in [0.1, 0.15) is 0 Å². The molecule has 0 saturated carbocycles. The molecule has 0 amide bonds. The third-order valence-corrected chi connectivity index (χ3v) is 9.67. The van der Waals surface area contributed by atoms with Gasteiger partial charge in [-0.2, -0.15) is 0 Å². The van der Waals surface area contributed by atoms with Crippen LogP contribution in [0.2, 0.25) is 0 Å². The number of hydrogen-bond donors (Lipinski definition) is 0. The standard InChI is InChI=1S/C30H48N6.C13H20O2.Ni/c1-10-15-16-26(32-25-18-20-28(34(7)12-3)30(22-25)36(9)14-5)23-31-24-17-19-27(33(6)11-2)29(21-24)35(8)13-4;1-4-7-11-9(5-2)8-12(14)13(15)10(11)6-3;/h17-23H,10-16H2,1-9H3;8,14-15H,4-7H2,1-3H3;/q;;+2/p-2. The van der Waals surface area contributed by atoms with Crippen LogP contribution < -0.4 is 29.8 Å². The van der Waals surface area contributed by atoms with Crippen molar-refractivity contribution in [2.24, 2.45) is 9.98 Å². The molecule has 3 aromatic carbocycles. The van der Waals surface area contributed by atoms with Gasteiger partial charge in [0.2, 0.25) is 0 Å². The van der Waals surface area contributed by atoms with Crippen molar-refractivity contribution in [3.05, 3.63) is 59.2 Å². The Bertz CT molecular complexity index is 1570. The fourth-order valence-corrected chi connectivity index (χ4v) is 5.98. The average molecular weight is 758 g/mol. The van der Waals surface area contributed by atoms with E-state index in [-0.39, 0.29) is 28.0 Å². The van der Waals surface area contributed by atoms with Gasteiger partial charge < -0.3 is 29.8 Å². The van der Waals surface area contributed by atoms with Gasteiger partial charge >= 0.3 is 16.5 Å². The molecule has 290 valence electrons. The second-order valence-corrected chi connectivity index (χ2v) is 13.1. The summed E-state index contributed by atoms with van der Waals surface area (Å²) in [6.45, 7) is 20.8. The van der Waals surface area contributed by atoms with Crippen LogP contribution in [0.25, 0.3) is 0 Å². The molecule has 0 heterocycles. The maximum atomic E-state index is 11.7. The molecule has 0 spiro atoms. The molecule has 0 unspecified atom stereocenters. The van der Waals surface area contributed by atoms with Crippen molar-refractivity contribution in [1.29, 1.82) is 0 Å². The van der Waals surface area contributed by atoms with E-state index in [4.69, 9.17) is 9.98 Å². The van der Waals surface area contributed by atoms with Crippen molar-refractivity contribution < 1.29 is 26.7 Å². The summed E-state index contributed by atoms with van der Waals surface area (Å²) < 4.78 is 0. The van der Waals surface area contributed by atoms with Crippen LogP contribution in [-0.2, 0) is 35.8 Å². The number of aliphatic imine (C=N–C) groups is 2. The summed E-state index contributed by atoms with van der Waals surface area (Å²) in [6, 6.07) is 14.5. The number of aryl methyl sites for hydroxylation is 1. The first kappa shape index (κ1) is 46.3. The molecule has 0 aromatic heterocycles. The van der Waals surface area contributed by atoms with E-state index in [1.54, 1.807) is 0 Å². The van der Waals surface area contributed by atoms with Gasteiger partial charge in [0.05, 0.1) is 39.8 Å². The number of benzene rings is 3. The summed E-state index contributed by atoms with van der Waals surface area (Å²) in [5.41, 5.74) is 10.7. The maximum Gasteiger partial charge on any atom is 2.00 e. The van der Waals surface area contributed by atoms with Gasteiger partial charge in [-0.1, -0.05) is 52.2 Å². The minimum Gasteiger partial charge on any atom is -0.873 e. The zero-order chi connectivity index (χ0) is 38.1. The third kappa shape index (κ3) is 12.8. The van der Waals surface area contributed by atoms with E-state index < -0.39 is 0 Å². The number of hydrogen-bond acceptors (Lipinski definition) is 8. The largest absolute Gasteiger partial charge is 2.00 e. The Morgan fingerprint density at radius 3 is 1.58 bits per heavy atom. The summed E-state index contributed by atoms with van der Waals surface area (Å²) in [5.74, 6) is -0.637. The molecule has 3 aromatic rings. The molecule has 3 rings (SSSR count). The first-order chi connectivity index (χ1) is 24.4. The van der Waals surface area contributed by atoms with Gasteiger partial charge in [-0.25, -0.2) is 0 Å². The molecular formula is C43H66N6NiO2. The van der Waals surface area contributed by atoms with Crippen molar-refractivity contribution in [3.63, 3.8) is 0 Å². The van der Waals surface area contributed by atoms with Crippen molar-refractivity contribution >= 4 is 46.1 Å². The quantitative estimate of drug-likeness (QED) is 0.0952. The van der Waals surface area contributed by atoms with Gasteiger partial charge in [-0.15, -0.1) is 11.5 Å². The average Bonchev–Trinajstić information content (AvgIpc) is 3.16. The monoisotopic (exact) mass is 756 g/mol. The van der Waals surface area contributed by atoms with E-state index in [1.807, 2.05) is 20.1 Å². The second-order valence-electron chi connectivity index (χ2n) is 13.1. The Labute approximate surface area is 326 Å². The van der Waals surface area contributed by atoms with E-state index in [2.05, 4.69) is 126 Å². The molecule has 0 radical (unpaired) electrons. The van der Waals surface area contributed by atoms with Gasteiger partial charge in [0.15, 0.2) is 0 Å². The number of unbranched alkanes of at least 4 members (excludes halogenated alkanes) is 1. The Hall–Kier alpha value is -3.71. The van der Waals surface area contributed by atoms with Crippen LogP contribution in [0.5, 0.6) is 11.5 Å². The van der Waals surface area contributed by atoms with Crippen molar-refractivity contribution in [2.45, 2.75) is 100 Å². The zero-order valence-electron chi connectivity index (χ0n) is 34.2. The number of anilines is 4. The SMILES string of the molecule is CCCCC(C=Nc1ccc(N(C)CC)c(N(C)CC)c1)=Nc1ccc(N(C)CC)c(N(C)CC)c1.CCCc1c(CC)cc([O-])c([O-])c1CC.[Ni+2]. The Morgan fingerprint density at radius 1 is 0.615 bits per heavy atom. The van der Waals surface area contributed by atoms with Gasteiger partial charge in [-0.05, 0) is 107 Å². The van der Waals surface area contributed by atoms with E-state index >= 15 is 0 Å². The molecule has 52 heavy (non-hydrogen) atoms. The Balaban J connectivity index is 0.000000707. The minimum absolute atomic E-state index is 0. The van der Waals surface area contributed by atoms with E-state index in [0.717, 1.165) is 98.5 Å². The predicted molar refractivity (Wildman–Crippen MR) is 222 cm³/mol. The van der Waals surface area contributed by atoms with E-state index in [0.29, 0.717) is 6.42 Å². The molecule has 0 saturated heterocycles. The molecule has 0 N–H and O–H groups in total. The molecule has 0 aliphatic heterocycles.